The van der Waals surface area contributed by atoms with Crippen LogP contribution in [0.1, 0.15) is 32.7 Å². The molecule has 5 heteroatoms. The molecule has 4 aromatic rings. The third-order valence-electron chi connectivity index (χ3n) is 5.69. The summed E-state index contributed by atoms with van der Waals surface area (Å²) < 4.78 is 13.4. The van der Waals surface area contributed by atoms with Gasteiger partial charge in [0.1, 0.15) is 11.3 Å². The van der Waals surface area contributed by atoms with Crippen LogP contribution in [0.15, 0.2) is 45.6 Å². The van der Waals surface area contributed by atoms with Crippen LogP contribution >= 0.6 is 0 Å². The number of aromatic nitrogens is 1. The van der Waals surface area contributed by atoms with Crippen LogP contribution in [0.5, 0.6) is 5.75 Å². The molecule has 0 aliphatic heterocycles. The van der Waals surface area contributed by atoms with E-state index in [4.69, 9.17) is 9.15 Å². The number of para-hydroxylation sites is 1. The van der Waals surface area contributed by atoms with Crippen molar-refractivity contribution >= 4 is 27.7 Å². The van der Waals surface area contributed by atoms with Gasteiger partial charge in [-0.2, -0.15) is 0 Å². The highest BCUT2D eigenvalue weighted by Gasteiger charge is 2.20. The van der Waals surface area contributed by atoms with E-state index in [0.717, 1.165) is 33.1 Å². The smallest absolute Gasteiger partial charge is 0.339 e. The van der Waals surface area contributed by atoms with Crippen LogP contribution in [0.2, 0.25) is 0 Å². The second kappa shape index (κ2) is 6.92. The Labute approximate surface area is 168 Å². The van der Waals surface area contributed by atoms with Crippen molar-refractivity contribution < 1.29 is 13.9 Å². The number of hydrogen-bond acceptors (Lipinski definition) is 4. The summed E-state index contributed by atoms with van der Waals surface area (Å²) in [5.74, 6) is 0.469. The lowest BCUT2D eigenvalue weighted by Crippen LogP contribution is -2.14. The Morgan fingerprint density at radius 3 is 2.55 bits per heavy atom. The number of carbonyl (C=O) groups is 1. The minimum absolute atomic E-state index is 0.0827. The van der Waals surface area contributed by atoms with E-state index in [-0.39, 0.29) is 18.0 Å². The van der Waals surface area contributed by atoms with Crippen LogP contribution in [0.4, 0.5) is 0 Å². The lowest BCUT2D eigenvalue weighted by Gasteiger charge is -2.12. The van der Waals surface area contributed by atoms with Crippen molar-refractivity contribution in [2.24, 2.45) is 7.05 Å². The Kier molecular flexibility index (Phi) is 4.53. The van der Waals surface area contributed by atoms with Gasteiger partial charge in [0.25, 0.3) is 0 Å². The zero-order valence-electron chi connectivity index (χ0n) is 17.3. The molecule has 148 valence electrons. The number of fused-ring (bicyclic) bond motifs is 2. The zero-order valence-corrected chi connectivity index (χ0v) is 17.3. The maximum atomic E-state index is 13.1. The molecule has 0 spiro atoms. The van der Waals surface area contributed by atoms with E-state index >= 15 is 0 Å². The highest BCUT2D eigenvalue weighted by atomic mass is 16.5. The van der Waals surface area contributed by atoms with Gasteiger partial charge >= 0.3 is 5.63 Å². The van der Waals surface area contributed by atoms with Gasteiger partial charge in [0.15, 0.2) is 6.61 Å². The van der Waals surface area contributed by atoms with Crippen LogP contribution in [-0.4, -0.2) is 17.0 Å². The maximum absolute atomic E-state index is 13.1. The Hall–Kier alpha value is -3.34. The Bertz CT molecular complexity index is 1340. The van der Waals surface area contributed by atoms with Gasteiger partial charge in [-0.15, -0.1) is 0 Å². The quantitative estimate of drug-likeness (QED) is 0.372. The van der Waals surface area contributed by atoms with Gasteiger partial charge in [-0.1, -0.05) is 18.2 Å². The number of carbonyl (C=O) groups excluding carboxylic acids is 1. The summed E-state index contributed by atoms with van der Waals surface area (Å²) in [5.41, 5.74) is 4.97. The Morgan fingerprint density at radius 1 is 1.07 bits per heavy atom. The summed E-state index contributed by atoms with van der Waals surface area (Å²) in [6, 6.07) is 11.5. The second-order valence-corrected chi connectivity index (χ2v) is 7.52. The van der Waals surface area contributed by atoms with Gasteiger partial charge in [0, 0.05) is 34.8 Å². The van der Waals surface area contributed by atoms with E-state index in [1.165, 1.54) is 0 Å². The number of ether oxygens (including phenoxy) is 1. The van der Waals surface area contributed by atoms with Gasteiger partial charge in [-0.25, -0.2) is 4.79 Å². The van der Waals surface area contributed by atoms with Crippen molar-refractivity contribution in [1.82, 2.24) is 4.57 Å². The van der Waals surface area contributed by atoms with Crippen molar-refractivity contribution in [2.45, 2.75) is 27.7 Å². The Morgan fingerprint density at radius 2 is 1.79 bits per heavy atom. The molecule has 29 heavy (non-hydrogen) atoms. The van der Waals surface area contributed by atoms with E-state index in [0.29, 0.717) is 22.5 Å². The molecule has 2 aromatic heterocycles. The summed E-state index contributed by atoms with van der Waals surface area (Å²) >= 11 is 0. The van der Waals surface area contributed by atoms with E-state index in [2.05, 4.69) is 0 Å². The first-order valence-electron chi connectivity index (χ1n) is 9.54. The molecule has 2 heterocycles. The molecule has 0 bridgehead atoms. The fourth-order valence-corrected chi connectivity index (χ4v) is 3.89. The molecule has 0 N–H and O–H groups in total. The van der Waals surface area contributed by atoms with Gasteiger partial charge in [0.05, 0.1) is 5.39 Å². The van der Waals surface area contributed by atoms with E-state index in [9.17, 15) is 9.59 Å². The summed E-state index contributed by atoms with van der Waals surface area (Å²) in [6.45, 7) is 7.35. The fourth-order valence-electron chi connectivity index (χ4n) is 3.89. The number of aryl methyl sites for hydroxylation is 3. The third kappa shape index (κ3) is 3.03. The van der Waals surface area contributed by atoms with Crippen LogP contribution in [0.3, 0.4) is 0 Å². The molecule has 0 saturated carbocycles. The highest BCUT2D eigenvalue weighted by molar-refractivity contribution is 6.10. The SMILES string of the molecule is Cc1cc(OCC(=O)c2c(C)n(C)c3ccccc23)c2c(C)c(C)c(=O)oc2c1. The van der Waals surface area contributed by atoms with E-state index in [1.807, 2.05) is 68.8 Å². The van der Waals surface area contributed by atoms with E-state index in [1.54, 1.807) is 6.92 Å². The van der Waals surface area contributed by atoms with Crippen molar-refractivity contribution in [2.75, 3.05) is 6.61 Å². The molecule has 0 unspecified atom stereocenters. The molecule has 0 radical (unpaired) electrons. The first-order valence-corrected chi connectivity index (χ1v) is 9.54. The summed E-state index contributed by atoms with van der Waals surface area (Å²) in [6.07, 6.45) is 0. The highest BCUT2D eigenvalue weighted by Crippen LogP contribution is 2.31. The lowest BCUT2D eigenvalue weighted by molar-refractivity contribution is 0.0923. The molecule has 4 rings (SSSR count). The zero-order chi connectivity index (χ0) is 20.9. The molecule has 0 aliphatic carbocycles. The van der Waals surface area contributed by atoms with Gasteiger partial charge < -0.3 is 13.7 Å². The molecular weight excluding hydrogens is 366 g/mol. The predicted octanol–water partition coefficient (Wildman–Crippen LogP) is 4.78. The minimum Gasteiger partial charge on any atom is -0.485 e. The molecule has 0 amide bonds. The molecular formula is C24H23NO4. The Balaban J connectivity index is 1.75. The molecule has 0 atom stereocenters. The van der Waals surface area contributed by atoms with Gasteiger partial charge in [-0.3, -0.25) is 4.79 Å². The summed E-state index contributed by atoms with van der Waals surface area (Å²) in [5, 5.41) is 1.66. The monoisotopic (exact) mass is 389 g/mol. The average Bonchev–Trinajstić information content (AvgIpc) is 2.94. The molecule has 5 nitrogen and oxygen atoms in total. The average molecular weight is 389 g/mol. The molecule has 0 aliphatic rings. The first kappa shape index (κ1) is 19.0. The number of nitrogens with zero attached hydrogens (tertiary/aromatic N) is 1. The van der Waals surface area contributed by atoms with Crippen molar-refractivity contribution in [3.05, 3.63) is 74.8 Å². The normalized spacial score (nSPS) is 11.3. The predicted molar refractivity (Wildman–Crippen MR) is 114 cm³/mol. The van der Waals surface area contributed by atoms with Crippen molar-refractivity contribution in [3.8, 4) is 5.75 Å². The number of rotatable bonds is 4. The number of ketones is 1. The fraction of sp³-hybridized carbons (Fsp3) is 0.250. The lowest BCUT2D eigenvalue weighted by atomic mass is 10.0. The first-order chi connectivity index (χ1) is 13.8. The summed E-state index contributed by atoms with van der Waals surface area (Å²) in [4.78, 5) is 25.1. The second-order valence-electron chi connectivity index (χ2n) is 7.52. The van der Waals surface area contributed by atoms with Crippen LogP contribution in [-0.2, 0) is 7.05 Å². The molecule has 0 saturated heterocycles. The van der Waals surface area contributed by atoms with Gasteiger partial charge in [0.2, 0.25) is 5.78 Å². The largest absolute Gasteiger partial charge is 0.485 e. The maximum Gasteiger partial charge on any atom is 0.339 e. The number of Topliss-reactive ketones (excluding diaryl/α,β-unsaturated/α-hetero) is 1. The molecule has 2 aromatic carbocycles. The van der Waals surface area contributed by atoms with E-state index < -0.39 is 0 Å². The molecule has 0 fully saturated rings. The van der Waals surface area contributed by atoms with Crippen LogP contribution in [0, 0.1) is 27.7 Å². The number of hydrogen-bond donors (Lipinski definition) is 0. The van der Waals surface area contributed by atoms with Crippen molar-refractivity contribution in [1.29, 1.82) is 0 Å². The van der Waals surface area contributed by atoms with Crippen LogP contribution < -0.4 is 10.4 Å². The summed E-state index contributed by atoms with van der Waals surface area (Å²) in [7, 11) is 1.96. The van der Waals surface area contributed by atoms with Crippen LogP contribution in [0.25, 0.3) is 21.9 Å². The van der Waals surface area contributed by atoms with Gasteiger partial charge in [-0.05, 0) is 57.0 Å². The number of benzene rings is 2. The van der Waals surface area contributed by atoms with Crippen molar-refractivity contribution in [3.63, 3.8) is 0 Å². The topological polar surface area (TPSA) is 61.4 Å². The minimum atomic E-state index is -0.353. The standard InChI is InChI=1S/C24H23NO4/c1-13-10-20(22-14(2)15(3)24(27)29-21(22)11-13)28-12-19(26)23-16(4)25(5)18-9-7-6-8-17(18)23/h6-11H,12H2,1-5H3. The third-order valence-corrected chi connectivity index (χ3v) is 5.69.